The van der Waals surface area contributed by atoms with Crippen molar-refractivity contribution in [2.24, 2.45) is 0 Å². The average molecular weight is 289 g/mol. The van der Waals surface area contributed by atoms with Gasteiger partial charge in [0.05, 0.1) is 11.3 Å². The van der Waals surface area contributed by atoms with Gasteiger partial charge in [0.2, 0.25) is 5.82 Å². The zero-order valence-corrected chi connectivity index (χ0v) is 10.7. The predicted octanol–water partition coefficient (Wildman–Crippen LogP) is 1.39. The maximum Gasteiger partial charge on any atom is 0.311 e. The summed E-state index contributed by atoms with van der Waals surface area (Å²) in [6.45, 7) is 0. The molecule has 0 radical (unpaired) electrons. The number of H-pyrrole nitrogens is 1. The van der Waals surface area contributed by atoms with Gasteiger partial charge in [-0.25, -0.2) is 19.9 Å². The molecule has 0 spiro atoms. The van der Waals surface area contributed by atoms with Crippen molar-refractivity contribution in [3.05, 3.63) is 34.9 Å². The second-order valence-corrected chi connectivity index (χ2v) is 4.70. The Morgan fingerprint density at radius 2 is 2.15 bits per heavy atom. The van der Waals surface area contributed by atoms with E-state index in [1.54, 1.807) is 0 Å². The van der Waals surface area contributed by atoms with E-state index in [1.807, 2.05) is 0 Å². The third-order valence-electron chi connectivity index (χ3n) is 2.46. The van der Waals surface area contributed by atoms with Gasteiger partial charge in [-0.1, -0.05) is 0 Å². The van der Waals surface area contributed by atoms with E-state index < -0.39 is 4.92 Å². The van der Waals surface area contributed by atoms with E-state index in [-0.39, 0.29) is 11.5 Å². The molecule has 3 aromatic rings. The third-order valence-corrected chi connectivity index (χ3v) is 3.40. The molecule has 0 aliphatic carbocycles. The lowest BCUT2D eigenvalue weighted by molar-refractivity contribution is -0.384. The molecule has 0 amide bonds. The second-order valence-electron chi connectivity index (χ2n) is 3.69. The van der Waals surface area contributed by atoms with Crippen LogP contribution in [0.2, 0.25) is 0 Å². The van der Waals surface area contributed by atoms with Crippen molar-refractivity contribution in [1.29, 1.82) is 0 Å². The molecule has 0 aliphatic rings. The molecular formula is C10H7N7O2S. The molecule has 3 aromatic heterocycles. The maximum absolute atomic E-state index is 10.7. The minimum Gasteiger partial charge on any atom is -0.378 e. The standard InChI is InChI=1S/C10H7N7O2S/c11-8-5(17(18)19)1-2-6(16-8)20-10-7-9(13-3-12-7)14-4-15-10/h1-4H,(H2,11,16)(H,12,13,14,15). The first kappa shape index (κ1) is 12.3. The molecule has 10 heteroatoms. The van der Waals surface area contributed by atoms with Crippen LogP contribution in [0.5, 0.6) is 0 Å². The Bertz CT molecular complexity index is 803. The van der Waals surface area contributed by atoms with E-state index in [0.29, 0.717) is 21.2 Å². The van der Waals surface area contributed by atoms with E-state index >= 15 is 0 Å². The molecule has 9 nitrogen and oxygen atoms in total. The van der Waals surface area contributed by atoms with Gasteiger partial charge < -0.3 is 10.7 Å². The van der Waals surface area contributed by atoms with Gasteiger partial charge >= 0.3 is 5.69 Å². The largest absolute Gasteiger partial charge is 0.378 e. The van der Waals surface area contributed by atoms with Crippen LogP contribution in [-0.2, 0) is 0 Å². The van der Waals surface area contributed by atoms with E-state index in [9.17, 15) is 10.1 Å². The highest BCUT2D eigenvalue weighted by Crippen LogP contribution is 2.30. The fourth-order valence-electron chi connectivity index (χ4n) is 1.58. The number of nitrogens with zero attached hydrogens (tertiary/aromatic N) is 5. The van der Waals surface area contributed by atoms with Crippen LogP contribution >= 0.6 is 11.8 Å². The number of hydrogen-bond donors (Lipinski definition) is 2. The summed E-state index contributed by atoms with van der Waals surface area (Å²) in [7, 11) is 0. The number of hydrogen-bond acceptors (Lipinski definition) is 8. The van der Waals surface area contributed by atoms with Gasteiger partial charge in [0.25, 0.3) is 0 Å². The summed E-state index contributed by atoms with van der Waals surface area (Å²) in [5.74, 6) is -0.130. The molecule has 0 saturated carbocycles. The molecule has 0 aliphatic heterocycles. The van der Waals surface area contributed by atoms with Crippen LogP contribution in [0.4, 0.5) is 11.5 Å². The minimum absolute atomic E-state index is 0.130. The van der Waals surface area contributed by atoms with Crippen LogP contribution in [0.1, 0.15) is 0 Å². The Morgan fingerprint density at radius 1 is 1.30 bits per heavy atom. The van der Waals surface area contributed by atoms with Crippen molar-refractivity contribution in [3.63, 3.8) is 0 Å². The van der Waals surface area contributed by atoms with Crippen molar-refractivity contribution in [1.82, 2.24) is 24.9 Å². The van der Waals surface area contributed by atoms with Gasteiger partial charge in [-0.05, 0) is 17.8 Å². The Morgan fingerprint density at radius 3 is 2.90 bits per heavy atom. The van der Waals surface area contributed by atoms with Gasteiger partial charge in [-0.15, -0.1) is 0 Å². The molecule has 3 rings (SSSR count). The summed E-state index contributed by atoms with van der Waals surface area (Å²) in [6, 6.07) is 2.83. The molecule has 0 atom stereocenters. The molecule has 0 unspecified atom stereocenters. The first-order valence-corrected chi connectivity index (χ1v) is 6.19. The fraction of sp³-hybridized carbons (Fsp3) is 0. The number of anilines is 1. The highest BCUT2D eigenvalue weighted by atomic mass is 32.2. The number of pyridine rings is 1. The van der Waals surface area contributed by atoms with Crippen LogP contribution < -0.4 is 5.73 Å². The Labute approximate surface area is 115 Å². The summed E-state index contributed by atoms with van der Waals surface area (Å²) in [5.41, 5.74) is 6.55. The number of aromatic amines is 1. The maximum atomic E-state index is 10.7. The highest BCUT2D eigenvalue weighted by Gasteiger charge is 2.15. The van der Waals surface area contributed by atoms with Gasteiger partial charge in [-0.2, -0.15) is 0 Å². The summed E-state index contributed by atoms with van der Waals surface area (Å²) < 4.78 is 0. The zero-order valence-electron chi connectivity index (χ0n) is 9.85. The van der Waals surface area contributed by atoms with Crippen LogP contribution in [0.15, 0.2) is 34.8 Å². The van der Waals surface area contributed by atoms with E-state index in [2.05, 4.69) is 24.9 Å². The molecule has 3 N–H and O–H groups in total. The summed E-state index contributed by atoms with van der Waals surface area (Å²) in [6.07, 6.45) is 2.90. The van der Waals surface area contributed by atoms with E-state index in [4.69, 9.17) is 5.73 Å². The first-order valence-electron chi connectivity index (χ1n) is 5.38. The molecule has 0 aromatic carbocycles. The monoisotopic (exact) mass is 289 g/mol. The van der Waals surface area contributed by atoms with Crippen molar-refractivity contribution >= 4 is 34.4 Å². The topological polar surface area (TPSA) is 137 Å². The molecule has 0 saturated heterocycles. The first-order chi connectivity index (χ1) is 9.65. The number of nitrogens with two attached hydrogens (primary N) is 1. The van der Waals surface area contributed by atoms with E-state index in [1.165, 1.54) is 36.5 Å². The van der Waals surface area contributed by atoms with Gasteiger partial charge in [-0.3, -0.25) is 10.1 Å². The smallest absolute Gasteiger partial charge is 0.311 e. The summed E-state index contributed by atoms with van der Waals surface area (Å²) in [4.78, 5) is 29.2. The Balaban J connectivity index is 1.97. The number of nitro groups is 1. The minimum atomic E-state index is -0.575. The lowest BCUT2D eigenvalue weighted by Crippen LogP contribution is -1.99. The lowest BCUT2D eigenvalue weighted by atomic mass is 10.4. The van der Waals surface area contributed by atoms with Crippen LogP contribution in [0.25, 0.3) is 11.2 Å². The van der Waals surface area contributed by atoms with Crippen molar-refractivity contribution in [3.8, 4) is 0 Å². The van der Waals surface area contributed by atoms with Crippen LogP contribution in [0.3, 0.4) is 0 Å². The average Bonchev–Trinajstić information content (AvgIpc) is 2.87. The number of nitrogen functional groups attached to an aromatic ring is 1. The van der Waals surface area contributed by atoms with Crippen LogP contribution in [-0.4, -0.2) is 29.8 Å². The van der Waals surface area contributed by atoms with Gasteiger partial charge in [0.1, 0.15) is 21.9 Å². The predicted molar refractivity (Wildman–Crippen MR) is 71.1 cm³/mol. The van der Waals surface area contributed by atoms with Crippen molar-refractivity contribution in [2.45, 2.75) is 10.1 Å². The number of imidazole rings is 1. The highest BCUT2D eigenvalue weighted by molar-refractivity contribution is 7.99. The molecule has 20 heavy (non-hydrogen) atoms. The molecule has 100 valence electrons. The van der Waals surface area contributed by atoms with Crippen molar-refractivity contribution < 1.29 is 4.92 Å². The van der Waals surface area contributed by atoms with Crippen molar-refractivity contribution in [2.75, 3.05) is 5.73 Å². The second kappa shape index (κ2) is 4.74. The van der Waals surface area contributed by atoms with Crippen LogP contribution in [0, 0.1) is 10.1 Å². The fourth-order valence-corrected chi connectivity index (χ4v) is 2.41. The third kappa shape index (κ3) is 2.12. The quantitative estimate of drug-likeness (QED) is 0.419. The lowest BCUT2D eigenvalue weighted by Gasteiger charge is -2.02. The summed E-state index contributed by atoms with van der Waals surface area (Å²) >= 11 is 1.22. The summed E-state index contributed by atoms with van der Waals surface area (Å²) in [5, 5.41) is 11.8. The number of fused-ring (bicyclic) bond motifs is 1. The SMILES string of the molecule is Nc1nc(Sc2ncnc3nc[nH]c23)ccc1[N+](=O)[O-]. The van der Waals surface area contributed by atoms with E-state index in [0.717, 1.165) is 0 Å². The van der Waals surface area contributed by atoms with Gasteiger partial charge in [0, 0.05) is 6.07 Å². The molecular weight excluding hydrogens is 282 g/mol. The zero-order chi connectivity index (χ0) is 14.1. The van der Waals surface area contributed by atoms with Gasteiger partial charge in [0.15, 0.2) is 5.65 Å². The molecule has 0 fully saturated rings. The Kier molecular flexibility index (Phi) is 2.91. The molecule has 0 bridgehead atoms. The Hall–Kier alpha value is -2.75. The number of nitrogens with one attached hydrogen (secondary N) is 1. The normalized spacial score (nSPS) is 10.8. The number of rotatable bonds is 3. The molecule has 3 heterocycles. The number of aromatic nitrogens is 5.